The number of aromatic hydroxyl groups is 1. The highest BCUT2D eigenvalue weighted by molar-refractivity contribution is 6.17. The number of allylic oxidation sites excluding steroid dienone is 2. The number of esters is 1. The average Bonchev–Trinajstić information content (AvgIpc) is 1.69. The number of benzene rings is 4. The molecule has 1 amide bonds. The largest absolute Gasteiger partial charge is 0.507 e. The molecule has 11 rings (SSSR count). The van der Waals surface area contributed by atoms with Crippen LogP contribution >= 0.6 is 0 Å². The van der Waals surface area contributed by atoms with E-state index in [1.54, 1.807) is 52.8 Å². The number of piperidine rings is 2. The lowest BCUT2D eigenvalue weighted by Crippen LogP contribution is -2.50. The Bertz CT molecular complexity index is 4180. The van der Waals surface area contributed by atoms with E-state index in [1.165, 1.54) is 72.5 Å². The molecule has 3 fully saturated rings. The van der Waals surface area contributed by atoms with Gasteiger partial charge in [0.1, 0.15) is 34.5 Å². The van der Waals surface area contributed by atoms with Gasteiger partial charge in [0.15, 0.2) is 39.4 Å². The van der Waals surface area contributed by atoms with Crippen molar-refractivity contribution in [2.45, 2.75) is 149 Å². The molecule has 1 aliphatic carbocycles. The van der Waals surface area contributed by atoms with Gasteiger partial charge in [0.05, 0.1) is 53.2 Å². The Morgan fingerprint density at radius 3 is 2.16 bits per heavy atom. The summed E-state index contributed by atoms with van der Waals surface area (Å²) < 4.78 is 54.9. The second kappa shape index (κ2) is 24.4. The fraction of sp³-hybridized carbons (Fsp3) is 0.493. The predicted octanol–water partition coefficient (Wildman–Crippen LogP) is 7.89. The van der Waals surface area contributed by atoms with Crippen molar-refractivity contribution in [1.82, 2.24) is 14.9 Å². The van der Waals surface area contributed by atoms with Gasteiger partial charge in [-0.1, -0.05) is 45.9 Å². The van der Waals surface area contributed by atoms with E-state index in [-0.39, 0.29) is 78.6 Å². The molecular weight excluding hydrogens is 1150 g/mol. The Labute approximate surface area is 513 Å². The molecule has 6 heterocycles. The number of aryl methyl sites for hydroxylation is 1. The van der Waals surface area contributed by atoms with Crippen molar-refractivity contribution in [3.8, 4) is 17.2 Å². The van der Waals surface area contributed by atoms with Crippen LogP contribution in [0.2, 0.25) is 0 Å². The molecule has 4 aliphatic heterocycles. The van der Waals surface area contributed by atoms with Gasteiger partial charge >= 0.3 is 11.8 Å². The van der Waals surface area contributed by atoms with Gasteiger partial charge in [0, 0.05) is 135 Å². The number of amides is 1. The summed E-state index contributed by atoms with van der Waals surface area (Å²) in [4.78, 5) is 78.6. The molecule has 2 aromatic heterocycles. The molecule has 0 unspecified atom stereocenters. The van der Waals surface area contributed by atoms with Crippen LogP contribution in [0.1, 0.15) is 104 Å². The van der Waals surface area contributed by atoms with E-state index < -0.39 is 99.6 Å². The monoisotopic (exact) mass is 1230 g/mol. The fourth-order valence-corrected chi connectivity index (χ4v) is 13.7. The number of hydrogen-bond donors (Lipinski definition) is 6. The number of phenols is 1. The van der Waals surface area contributed by atoms with Crippen LogP contribution in [0.25, 0.3) is 49.6 Å². The molecule has 2 saturated heterocycles. The van der Waals surface area contributed by atoms with Crippen molar-refractivity contribution in [3.63, 3.8) is 0 Å². The van der Waals surface area contributed by atoms with Crippen molar-refractivity contribution in [2.24, 2.45) is 23.7 Å². The Morgan fingerprint density at radius 2 is 1.52 bits per heavy atom. The third kappa shape index (κ3) is 11.3. The molecular formula is C67H79FN6O15. The zero-order valence-corrected chi connectivity index (χ0v) is 52.1. The first-order valence-electron chi connectivity index (χ1n) is 30.7. The smallest absolute Gasteiger partial charge is 0.307 e. The number of carbonyl (C=O) groups excluding carboxylic acids is 2. The van der Waals surface area contributed by atoms with Crippen LogP contribution in [-0.2, 0) is 23.8 Å². The van der Waals surface area contributed by atoms with Crippen LogP contribution in [0.3, 0.4) is 0 Å². The molecule has 9 atom stereocenters. The average molecular weight is 1230 g/mol. The highest BCUT2D eigenvalue weighted by Gasteiger charge is 2.45. The number of nitrogens with zero attached hydrogens (tertiary/aromatic N) is 4. The lowest BCUT2D eigenvalue weighted by Gasteiger charge is -2.39. The van der Waals surface area contributed by atoms with Crippen LogP contribution in [-0.4, -0.2) is 125 Å². The maximum atomic E-state index is 16.1. The second-order valence-electron chi connectivity index (χ2n) is 25.1. The summed E-state index contributed by atoms with van der Waals surface area (Å²) in [5, 5.41) is 53.9. The Balaban J connectivity index is 0.913. The molecule has 5 bridgehead atoms. The van der Waals surface area contributed by atoms with Crippen molar-refractivity contribution in [3.05, 3.63) is 113 Å². The number of fused-ring (bicyclic) bond motifs is 6. The Hall–Kier alpha value is -8.05. The fourth-order valence-electron chi connectivity index (χ4n) is 13.7. The third-order valence-electron chi connectivity index (χ3n) is 19.1. The summed E-state index contributed by atoms with van der Waals surface area (Å²) in [7, 11) is 2.97. The van der Waals surface area contributed by atoms with Crippen molar-refractivity contribution in [1.29, 1.82) is 0 Å². The molecule has 21 nitrogen and oxygen atoms in total. The van der Waals surface area contributed by atoms with E-state index >= 15 is 9.18 Å². The van der Waals surface area contributed by atoms with E-state index in [2.05, 4.69) is 20.1 Å². The van der Waals surface area contributed by atoms with E-state index in [9.17, 15) is 39.6 Å². The number of nitrogens with one attached hydrogen (secondary N) is 2. The van der Waals surface area contributed by atoms with Gasteiger partial charge in [-0.2, -0.15) is 0 Å². The molecule has 89 heavy (non-hydrogen) atoms. The molecule has 4 aromatic carbocycles. The number of aliphatic hydroxyl groups excluding tert-OH is 3. The third-order valence-corrected chi connectivity index (χ3v) is 19.1. The van der Waals surface area contributed by atoms with Crippen molar-refractivity contribution < 1.29 is 62.5 Å². The van der Waals surface area contributed by atoms with E-state index in [4.69, 9.17) is 33.1 Å². The number of pyridine rings is 1. The van der Waals surface area contributed by atoms with Gasteiger partial charge in [0.25, 0.3) is 5.91 Å². The van der Waals surface area contributed by atoms with Crippen LogP contribution in [0.15, 0.2) is 79.3 Å². The SMILES string of the molecule is COc1c(N2CCC(NC3CCN(c4cc(=O)c5nc6c(oc5c4)c4c(=O)c5c(O)c(C)c7c(c56)=C(O)[C@@](C)(O/C=C/[C@H](OC)[C@@H](C)[C@@H](OC(C)=O)[C@H](C)[C@H](O)[C@H](C)[C@@H](O)[C@@H](C)/C=C/C=C(/C)C(=O)N4)O7)CC3)CC2)c(F)cc2c(=O)c(C)cn(C3CC3)c12. The van der Waals surface area contributed by atoms with Crippen LogP contribution in [0, 0.1) is 43.3 Å². The van der Waals surface area contributed by atoms with Crippen LogP contribution < -0.4 is 51.4 Å². The first kappa shape index (κ1) is 62.6. The highest BCUT2D eigenvalue weighted by atomic mass is 19.1. The summed E-state index contributed by atoms with van der Waals surface area (Å²) in [5.74, 6) is -7.30. The number of ether oxygens (including phenoxy) is 5. The molecule has 1 saturated carbocycles. The number of aliphatic hydroxyl groups is 3. The standard InChI is InChI=1S/C67H79FN6O15/c1-31-13-12-14-32(2)66(83)71-53-60(81)49-48(50-62(37(7)59(49)80)89-67(9,65(50)82)86-26-21-46(84-10)34(4)61(87-38(8)75)36(6)58(79)35(5)56(31)77)52-63(53)88-47-28-42(27-45(76)51(47)70-52)72-22-17-39(18-23-72)69-40-19-24-73(25-20-40)55-44(68)29-43-54(64(55)85-11)74(41-15-16-41)30-33(3)57(43)78/h12-14,21,26-31,34-36,39-41,46,56,58,61,69,77,79-80,82H,15-20,22-25H2,1-11H3,(H,71,83)/b13-12+,26-21+,32-14-/t31-,34+,35+,36+,46-,56-,58+,61+,67-/m0/s1. The first-order valence-corrected chi connectivity index (χ1v) is 30.7. The molecule has 6 aromatic rings. The highest BCUT2D eigenvalue weighted by Crippen LogP contribution is 2.46. The summed E-state index contributed by atoms with van der Waals surface area (Å²) >= 11 is 0. The quantitative estimate of drug-likeness (QED) is 0.0480. The Kier molecular flexibility index (Phi) is 17.1. The molecule has 22 heteroatoms. The number of anilines is 3. The van der Waals surface area contributed by atoms with Gasteiger partial charge in [-0.3, -0.25) is 24.0 Å². The number of halogens is 1. The molecule has 0 radical (unpaired) electrons. The van der Waals surface area contributed by atoms with Crippen molar-refractivity contribution in [2.75, 3.05) is 55.5 Å². The number of aromatic nitrogens is 2. The zero-order chi connectivity index (χ0) is 63.8. The Morgan fingerprint density at radius 1 is 0.843 bits per heavy atom. The van der Waals surface area contributed by atoms with E-state index in [0.717, 1.165) is 38.5 Å². The van der Waals surface area contributed by atoms with Gasteiger partial charge in [-0.15, -0.1) is 0 Å². The topological polar surface area (TPSA) is 274 Å². The molecule has 5 aliphatic rings. The molecule has 6 N–H and O–H groups in total. The van der Waals surface area contributed by atoms with Crippen molar-refractivity contribution >= 4 is 78.6 Å². The normalized spacial score (nSPS) is 27.4. The summed E-state index contributed by atoms with van der Waals surface area (Å²) in [6.07, 6.45) is 10.2. The maximum absolute atomic E-state index is 16.1. The molecule has 474 valence electrons. The molecule has 0 spiro atoms. The number of hydrogen-bond acceptors (Lipinski definition) is 19. The van der Waals surface area contributed by atoms with Crippen LogP contribution in [0.4, 0.5) is 21.5 Å². The number of phenolic OH excluding ortho intramolecular Hbond substituents is 1. The minimum Gasteiger partial charge on any atom is -0.507 e. The van der Waals surface area contributed by atoms with Crippen LogP contribution in [0.5, 0.6) is 17.2 Å². The zero-order valence-electron chi connectivity index (χ0n) is 52.1. The van der Waals surface area contributed by atoms with Gasteiger partial charge in [0.2, 0.25) is 10.9 Å². The minimum absolute atomic E-state index is 0.00933. The first-order chi connectivity index (χ1) is 42.3. The maximum Gasteiger partial charge on any atom is 0.307 e. The van der Waals surface area contributed by atoms with E-state index in [0.29, 0.717) is 59.8 Å². The minimum atomic E-state index is -2.02. The van der Waals surface area contributed by atoms with Gasteiger partial charge in [-0.25, -0.2) is 9.37 Å². The summed E-state index contributed by atoms with van der Waals surface area (Å²) in [5.41, 5.74) is -0.371. The second-order valence-corrected chi connectivity index (χ2v) is 25.1. The number of carbonyl (C=O) groups is 2. The predicted molar refractivity (Wildman–Crippen MR) is 336 cm³/mol. The summed E-state index contributed by atoms with van der Waals surface area (Å²) in [6.45, 7) is 16.6. The lowest BCUT2D eigenvalue weighted by atomic mass is 9.78. The van der Waals surface area contributed by atoms with Gasteiger partial charge in [-0.05, 0) is 71.4 Å². The van der Waals surface area contributed by atoms with E-state index in [1.807, 2.05) is 11.1 Å². The number of rotatable bonds is 8. The lowest BCUT2D eigenvalue weighted by molar-refractivity contribution is -0.160. The number of methoxy groups -OCH3 is 2. The summed E-state index contributed by atoms with van der Waals surface area (Å²) in [6, 6.07) is 5.03. The van der Waals surface area contributed by atoms with Gasteiger partial charge < -0.3 is 73.5 Å².